The van der Waals surface area contributed by atoms with Gasteiger partial charge in [0.25, 0.3) is 0 Å². The second-order valence-electron chi connectivity index (χ2n) is 5.14. The summed E-state index contributed by atoms with van der Waals surface area (Å²) in [5.41, 5.74) is 2.63. The molecule has 0 bridgehead atoms. The lowest BCUT2D eigenvalue weighted by molar-refractivity contribution is 0.407. The highest BCUT2D eigenvalue weighted by Crippen LogP contribution is 2.27. The van der Waals surface area contributed by atoms with E-state index in [4.69, 9.17) is 16.9 Å². The first-order valence-electron chi connectivity index (χ1n) is 6.55. The quantitative estimate of drug-likeness (QED) is 0.794. The maximum Gasteiger partial charge on any atom is 0.111 e. The third-order valence-electron chi connectivity index (χ3n) is 3.58. The summed E-state index contributed by atoms with van der Waals surface area (Å²) in [7, 11) is 0. The minimum absolute atomic E-state index is 0.331. The van der Waals surface area contributed by atoms with Crippen molar-refractivity contribution >= 4 is 22.6 Å². The summed E-state index contributed by atoms with van der Waals surface area (Å²) in [6.45, 7) is 6.56. The standard InChI is InChI=1S/C15H18ClN3/c1-10(2)11(3)19-14-8-12(9-17)4-5-13(14)18-15(19)6-7-16/h4-5,8,10-11H,6-7H2,1-3H3. The van der Waals surface area contributed by atoms with Crippen LogP contribution in [0.15, 0.2) is 18.2 Å². The zero-order chi connectivity index (χ0) is 14.0. The van der Waals surface area contributed by atoms with Gasteiger partial charge >= 0.3 is 0 Å². The Morgan fingerprint density at radius 2 is 2.11 bits per heavy atom. The molecule has 0 N–H and O–H groups in total. The number of nitrogens with zero attached hydrogens (tertiary/aromatic N) is 3. The van der Waals surface area contributed by atoms with Crippen molar-refractivity contribution < 1.29 is 0 Å². The summed E-state index contributed by atoms with van der Waals surface area (Å²) >= 11 is 5.87. The molecule has 2 rings (SSSR count). The van der Waals surface area contributed by atoms with E-state index in [0.717, 1.165) is 23.3 Å². The van der Waals surface area contributed by atoms with E-state index in [1.807, 2.05) is 18.2 Å². The Balaban J connectivity index is 2.67. The molecule has 4 heteroatoms. The molecular weight excluding hydrogens is 258 g/mol. The molecule has 2 aromatic rings. The molecule has 0 amide bonds. The fraction of sp³-hybridized carbons (Fsp3) is 0.467. The van der Waals surface area contributed by atoms with Gasteiger partial charge in [-0.2, -0.15) is 5.26 Å². The molecule has 0 aliphatic heterocycles. The maximum absolute atomic E-state index is 9.05. The van der Waals surface area contributed by atoms with Gasteiger partial charge in [-0.25, -0.2) is 4.98 Å². The number of halogens is 1. The number of hydrogen-bond donors (Lipinski definition) is 0. The zero-order valence-electron chi connectivity index (χ0n) is 11.5. The molecule has 0 saturated carbocycles. The Labute approximate surface area is 118 Å². The van der Waals surface area contributed by atoms with Crippen LogP contribution in [0.4, 0.5) is 0 Å². The molecule has 3 nitrogen and oxygen atoms in total. The smallest absolute Gasteiger partial charge is 0.111 e. The van der Waals surface area contributed by atoms with Crippen LogP contribution in [-0.2, 0) is 6.42 Å². The first-order valence-corrected chi connectivity index (χ1v) is 7.08. The van der Waals surface area contributed by atoms with E-state index in [1.165, 1.54) is 0 Å². The number of rotatable bonds is 4. The number of aryl methyl sites for hydroxylation is 1. The van der Waals surface area contributed by atoms with Crippen LogP contribution in [0, 0.1) is 17.2 Å². The van der Waals surface area contributed by atoms with Crippen molar-refractivity contribution in [1.29, 1.82) is 5.26 Å². The van der Waals surface area contributed by atoms with E-state index in [0.29, 0.717) is 23.4 Å². The Bertz CT molecular complexity index is 622. The highest BCUT2D eigenvalue weighted by molar-refractivity contribution is 6.17. The molecule has 100 valence electrons. The van der Waals surface area contributed by atoms with Crippen molar-refractivity contribution in [2.45, 2.75) is 33.2 Å². The van der Waals surface area contributed by atoms with Crippen LogP contribution >= 0.6 is 11.6 Å². The molecule has 1 atom stereocenters. The van der Waals surface area contributed by atoms with Crippen LogP contribution < -0.4 is 0 Å². The first kappa shape index (κ1) is 13.9. The Hall–Kier alpha value is -1.53. The van der Waals surface area contributed by atoms with Crippen molar-refractivity contribution in [2.24, 2.45) is 5.92 Å². The van der Waals surface area contributed by atoms with Gasteiger partial charge in [0.15, 0.2) is 0 Å². The Morgan fingerprint density at radius 1 is 1.37 bits per heavy atom. The molecule has 0 saturated heterocycles. The molecule has 0 spiro atoms. The molecule has 1 heterocycles. The molecule has 1 unspecified atom stereocenters. The van der Waals surface area contributed by atoms with Gasteiger partial charge in [0.05, 0.1) is 22.7 Å². The topological polar surface area (TPSA) is 41.6 Å². The highest BCUT2D eigenvalue weighted by Gasteiger charge is 2.18. The second kappa shape index (κ2) is 5.63. The van der Waals surface area contributed by atoms with Gasteiger partial charge in [0, 0.05) is 18.3 Å². The van der Waals surface area contributed by atoms with E-state index in [-0.39, 0.29) is 0 Å². The van der Waals surface area contributed by atoms with Gasteiger partial charge in [-0.15, -0.1) is 11.6 Å². The highest BCUT2D eigenvalue weighted by atomic mass is 35.5. The molecule has 0 fully saturated rings. The summed E-state index contributed by atoms with van der Waals surface area (Å²) in [4.78, 5) is 4.65. The van der Waals surface area contributed by atoms with Crippen LogP contribution in [0.1, 0.15) is 38.2 Å². The maximum atomic E-state index is 9.05. The summed E-state index contributed by atoms with van der Waals surface area (Å²) in [5, 5.41) is 9.05. The second-order valence-corrected chi connectivity index (χ2v) is 5.51. The Kier molecular flexibility index (Phi) is 4.11. The number of hydrogen-bond acceptors (Lipinski definition) is 2. The lowest BCUT2D eigenvalue weighted by Crippen LogP contribution is -2.15. The van der Waals surface area contributed by atoms with Crippen molar-refractivity contribution in [2.75, 3.05) is 5.88 Å². The third-order valence-corrected chi connectivity index (χ3v) is 3.77. The molecule has 0 radical (unpaired) electrons. The SMILES string of the molecule is CC(C)C(C)n1c(CCCl)nc2ccc(C#N)cc21. The zero-order valence-corrected chi connectivity index (χ0v) is 12.3. The molecule has 1 aromatic heterocycles. The van der Waals surface area contributed by atoms with E-state index in [9.17, 15) is 0 Å². The Morgan fingerprint density at radius 3 is 2.68 bits per heavy atom. The van der Waals surface area contributed by atoms with Crippen LogP contribution in [0.25, 0.3) is 11.0 Å². The molecule has 0 aliphatic rings. The van der Waals surface area contributed by atoms with Crippen LogP contribution in [0.5, 0.6) is 0 Å². The van der Waals surface area contributed by atoms with Gasteiger partial charge in [-0.05, 0) is 31.0 Å². The van der Waals surface area contributed by atoms with Gasteiger partial charge in [0.1, 0.15) is 5.82 Å². The molecule has 1 aromatic carbocycles. The average molecular weight is 276 g/mol. The van der Waals surface area contributed by atoms with Gasteiger partial charge in [-0.1, -0.05) is 13.8 Å². The van der Waals surface area contributed by atoms with Gasteiger partial charge in [0.2, 0.25) is 0 Å². The van der Waals surface area contributed by atoms with Gasteiger partial charge < -0.3 is 4.57 Å². The van der Waals surface area contributed by atoms with Crippen LogP contribution in [-0.4, -0.2) is 15.4 Å². The van der Waals surface area contributed by atoms with E-state index >= 15 is 0 Å². The average Bonchev–Trinajstić information content (AvgIpc) is 2.75. The fourth-order valence-corrected chi connectivity index (χ4v) is 2.39. The number of fused-ring (bicyclic) bond motifs is 1. The van der Waals surface area contributed by atoms with Crippen LogP contribution in [0.2, 0.25) is 0 Å². The largest absolute Gasteiger partial charge is 0.325 e. The number of alkyl halides is 1. The molecular formula is C15H18ClN3. The summed E-state index contributed by atoms with van der Waals surface area (Å²) in [6.07, 6.45) is 0.745. The van der Waals surface area contributed by atoms with E-state index in [1.54, 1.807) is 0 Å². The summed E-state index contributed by atoms with van der Waals surface area (Å²) < 4.78 is 2.23. The van der Waals surface area contributed by atoms with Gasteiger partial charge in [-0.3, -0.25) is 0 Å². The number of aromatic nitrogens is 2. The predicted molar refractivity (Wildman–Crippen MR) is 78.4 cm³/mol. The fourth-order valence-electron chi connectivity index (χ4n) is 2.23. The number of benzene rings is 1. The summed E-state index contributed by atoms with van der Waals surface area (Å²) in [6, 6.07) is 8.16. The minimum Gasteiger partial charge on any atom is -0.325 e. The van der Waals surface area contributed by atoms with Crippen molar-refractivity contribution in [3.05, 3.63) is 29.6 Å². The number of nitriles is 1. The van der Waals surface area contributed by atoms with E-state index in [2.05, 4.69) is 36.4 Å². The van der Waals surface area contributed by atoms with Crippen molar-refractivity contribution in [3.63, 3.8) is 0 Å². The first-order chi connectivity index (χ1) is 9.08. The minimum atomic E-state index is 0.331. The molecule has 0 aliphatic carbocycles. The lowest BCUT2D eigenvalue weighted by atomic mass is 10.1. The monoisotopic (exact) mass is 275 g/mol. The normalized spacial score (nSPS) is 12.8. The predicted octanol–water partition coefficient (Wildman–Crippen LogP) is 3.91. The molecule has 19 heavy (non-hydrogen) atoms. The van der Waals surface area contributed by atoms with Crippen molar-refractivity contribution in [3.8, 4) is 6.07 Å². The van der Waals surface area contributed by atoms with Crippen molar-refractivity contribution in [1.82, 2.24) is 9.55 Å². The summed E-state index contributed by atoms with van der Waals surface area (Å²) in [5.74, 6) is 2.05. The lowest BCUT2D eigenvalue weighted by Gasteiger charge is -2.21. The van der Waals surface area contributed by atoms with Crippen LogP contribution in [0.3, 0.4) is 0 Å². The third kappa shape index (κ3) is 2.59. The van der Waals surface area contributed by atoms with E-state index < -0.39 is 0 Å². The number of imidazole rings is 1.